The summed E-state index contributed by atoms with van der Waals surface area (Å²) in [6.07, 6.45) is 0. The SMILES string of the molecule is O=C(CNc1cccc(F)c1)Nc1ccccc1C(=O)c1ccccc1. The highest BCUT2D eigenvalue weighted by atomic mass is 19.1. The van der Waals surface area contributed by atoms with E-state index in [-0.39, 0.29) is 24.1 Å². The summed E-state index contributed by atoms with van der Waals surface area (Å²) < 4.78 is 13.2. The third kappa shape index (κ3) is 4.33. The molecule has 0 aliphatic carbocycles. The van der Waals surface area contributed by atoms with Gasteiger partial charge in [-0.05, 0) is 30.3 Å². The highest BCUT2D eigenvalue weighted by Gasteiger charge is 2.14. The van der Waals surface area contributed by atoms with Crippen molar-refractivity contribution in [3.8, 4) is 0 Å². The van der Waals surface area contributed by atoms with Crippen LogP contribution in [0.4, 0.5) is 15.8 Å². The maximum absolute atomic E-state index is 13.2. The zero-order valence-electron chi connectivity index (χ0n) is 13.9. The van der Waals surface area contributed by atoms with Crippen molar-refractivity contribution < 1.29 is 14.0 Å². The number of amides is 1. The number of carbonyl (C=O) groups is 2. The maximum Gasteiger partial charge on any atom is 0.243 e. The number of anilines is 2. The number of hydrogen-bond acceptors (Lipinski definition) is 3. The van der Waals surface area contributed by atoms with Gasteiger partial charge in [0.15, 0.2) is 5.78 Å². The minimum absolute atomic E-state index is 0.0443. The van der Waals surface area contributed by atoms with Crippen molar-refractivity contribution >= 4 is 23.1 Å². The molecule has 0 bridgehead atoms. The molecule has 2 N–H and O–H groups in total. The first-order valence-electron chi connectivity index (χ1n) is 8.11. The van der Waals surface area contributed by atoms with Crippen molar-refractivity contribution in [1.82, 2.24) is 0 Å². The van der Waals surface area contributed by atoms with Crippen LogP contribution in [-0.4, -0.2) is 18.2 Å². The lowest BCUT2D eigenvalue weighted by Gasteiger charge is -2.11. The second-order valence-electron chi connectivity index (χ2n) is 5.65. The lowest BCUT2D eigenvalue weighted by atomic mass is 10.0. The van der Waals surface area contributed by atoms with Crippen LogP contribution in [0.5, 0.6) is 0 Å². The Morgan fingerprint density at radius 2 is 1.58 bits per heavy atom. The van der Waals surface area contributed by atoms with Gasteiger partial charge >= 0.3 is 0 Å². The van der Waals surface area contributed by atoms with Gasteiger partial charge in [-0.25, -0.2) is 4.39 Å². The lowest BCUT2D eigenvalue weighted by Crippen LogP contribution is -2.23. The smallest absolute Gasteiger partial charge is 0.243 e. The average Bonchev–Trinajstić information content (AvgIpc) is 2.67. The molecule has 0 aliphatic heterocycles. The predicted octanol–water partition coefficient (Wildman–Crippen LogP) is 4.11. The number of ketones is 1. The van der Waals surface area contributed by atoms with E-state index in [1.165, 1.54) is 12.1 Å². The van der Waals surface area contributed by atoms with Gasteiger partial charge in [0.05, 0.1) is 12.2 Å². The fourth-order valence-electron chi connectivity index (χ4n) is 2.51. The van der Waals surface area contributed by atoms with E-state index >= 15 is 0 Å². The number of benzene rings is 3. The molecule has 3 rings (SSSR count). The fourth-order valence-corrected chi connectivity index (χ4v) is 2.51. The molecule has 0 atom stereocenters. The van der Waals surface area contributed by atoms with Gasteiger partial charge < -0.3 is 10.6 Å². The van der Waals surface area contributed by atoms with Gasteiger partial charge in [0.2, 0.25) is 5.91 Å². The molecule has 0 saturated heterocycles. The molecule has 0 aliphatic rings. The largest absolute Gasteiger partial charge is 0.376 e. The molecule has 5 heteroatoms. The Morgan fingerprint density at radius 3 is 2.35 bits per heavy atom. The summed E-state index contributed by atoms with van der Waals surface area (Å²) >= 11 is 0. The number of rotatable bonds is 6. The Hall–Kier alpha value is -3.47. The van der Waals surface area contributed by atoms with Crippen LogP contribution in [0, 0.1) is 5.82 Å². The van der Waals surface area contributed by atoms with Crippen LogP contribution in [0.1, 0.15) is 15.9 Å². The van der Waals surface area contributed by atoms with Gasteiger partial charge in [-0.3, -0.25) is 9.59 Å². The third-order valence-electron chi connectivity index (χ3n) is 3.76. The van der Waals surface area contributed by atoms with E-state index in [0.717, 1.165) is 0 Å². The van der Waals surface area contributed by atoms with Crippen LogP contribution in [0.2, 0.25) is 0 Å². The summed E-state index contributed by atoms with van der Waals surface area (Å²) in [7, 11) is 0. The van der Waals surface area contributed by atoms with Crippen molar-refractivity contribution in [2.75, 3.05) is 17.2 Å². The molecule has 0 fully saturated rings. The van der Waals surface area contributed by atoms with Gasteiger partial charge in [-0.15, -0.1) is 0 Å². The Morgan fingerprint density at radius 1 is 0.846 bits per heavy atom. The Kier molecular flexibility index (Phi) is 5.39. The van der Waals surface area contributed by atoms with E-state index in [1.54, 1.807) is 60.7 Å². The number of carbonyl (C=O) groups excluding carboxylic acids is 2. The molecule has 4 nitrogen and oxygen atoms in total. The zero-order chi connectivity index (χ0) is 18.4. The topological polar surface area (TPSA) is 58.2 Å². The second kappa shape index (κ2) is 8.07. The summed E-state index contributed by atoms with van der Waals surface area (Å²) in [5.41, 5.74) is 1.91. The van der Waals surface area contributed by atoms with E-state index < -0.39 is 0 Å². The van der Waals surface area contributed by atoms with Gasteiger partial charge in [0.25, 0.3) is 0 Å². The molecule has 130 valence electrons. The first-order valence-corrected chi connectivity index (χ1v) is 8.11. The van der Waals surface area contributed by atoms with Crippen LogP contribution < -0.4 is 10.6 Å². The van der Waals surface area contributed by atoms with Crippen LogP contribution in [0.25, 0.3) is 0 Å². The first kappa shape index (κ1) is 17.4. The Balaban J connectivity index is 1.70. The summed E-state index contributed by atoms with van der Waals surface area (Å²) in [5, 5.41) is 5.58. The summed E-state index contributed by atoms with van der Waals surface area (Å²) in [4.78, 5) is 24.9. The fraction of sp³-hybridized carbons (Fsp3) is 0.0476. The highest BCUT2D eigenvalue weighted by Crippen LogP contribution is 2.19. The maximum atomic E-state index is 13.2. The quantitative estimate of drug-likeness (QED) is 0.659. The minimum atomic E-state index is -0.380. The molecule has 0 unspecified atom stereocenters. The number of nitrogens with one attached hydrogen (secondary N) is 2. The molecular formula is C21H17FN2O2. The van der Waals surface area contributed by atoms with Crippen molar-refractivity contribution in [3.05, 3.63) is 95.8 Å². The molecule has 1 amide bonds. The lowest BCUT2D eigenvalue weighted by molar-refractivity contribution is -0.114. The van der Waals surface area contributed by atoms with E-state index in [0.29, 0.717) is 22.5 Å². The van der Waals surface area contributed by atoms with Crippen molar-refractivity contribution in [2.24, 2.45) is 0 Å². The van der Waals surface area contributed by atoms with Crippen LogP contribution in [0.15, 0.2) is 78.9 Å². The van der Waals surface area contributed by atoms with Gasteiger partial charge in [-0.2, -0.15) is 0 Å². The summed E-state index contributed by atoms with van der Waals surface area (Å²) in [6.45, 7) is -0.0443. The van der Waals surface area contributed by atoms with Crippen molar-refractivity contribution in [3.63, 3.8) is 0 Å². The van der Waals surface area contributed by atoms with Crippen LogP contribution in [0.3, 0.4) is 0 Å². The monoisotopic (exact) mass is 348 g/mol. The normalized spacial score (nSPS) is 10.2. The third-order valence-corrected chi connectivity index (χ3v) is 3.76. The number of hydrogen-bond donors (Lipinski definition) is 2. The van der Waals surface area contributed by atoms with E-state index in [2.05, 4.69) is 10.6 Å². The molecule has 3 aromatic rings. The molecule has 3 aromatic carbocycles. The van der Waals surface area contributed by atoms with Gasteiger partial charge in [0.1, 0.15) is 5.82 Å². The molecule has 0 radical (unpaired) electrons. The first-order chi connectivity index (χ1) is 12.6. The number of para-hydroxylation sites is 1. The molecular weight excluding hydrogens is 331 g/mol. The summed E-state index contributed by atoms with van der Waals surface area (Å²) in [5.74, 6) is -0.878. The average molecular weight is 348 g/mol. The van der Waals surface area contributed by atoms with E-state index in [1.807, 2.05) is 6.07 Å². The van der Waals surface area contributed by atoms with Gasteiger partial charge in [0, 0.05) is 16.8 Å². The van der Waals surface area contributed by atoms with E-state index in [4.69, 9.17) is 0 Å². The molecule has 0 saturated carbocycles. The Bertz CT molecular complexity index is 926. The minimum Gasteiger partial charge on any atom is -0.376 e. The van der Waals surface area contributed by atoms with E-state index in [9.17, 15) is 14.0 Å². The predicted molar refractivity (Wildman–Crippen MR) is 99.8 cm³/mol. The molecule has 0 spiro atoms. The molecule has 26 heavy (non-hydrogen) atoms. The standard InChI is InChI=1S/C21H17FN2O2/c22-16-9-6-10-17(13-16)23-14-20(25)24-19-12-5-4-11-18(19)21(26)15-7-2-1-3-8-15/h1-13,23H,14H2,(H,24,25). The van der Waals surface area contributed by atoms with Crippen molar-refractivity contribution in [2.45, 2.75) is 0 Å². The molecule has 0 heterocycles. The van der Waals surface area contributed by atoms with Gasteiger partial charge in [-0.1, -0.05) is 48.5 Å². The Labute approximate surface area is 150 Å². The zero-order valence-corrected chi connectivity index (χ0v) is 13.9. The van der Waals surface area contributed by atoms with Crippen LogP contribution >= 0.6 is 0 Å². The number of halogens is 1. The molecule has 0 aromatic heterocycles. The van der Waals surface area contributed by atoms with Crippen LogP contribution in [-0.2, 0) is 4.79 Å². The highest BCUT2D eigenvalue weighted by molar-refractivity contribution is 6.14. The second-order valence-corrected chi connectivity index (χ2v) is 5.65. The van der Waals surface area contributed by atoms with Crippen molar-refractivity contribution in [1.29, 1.82) is 0 Å². The summed E-state index contributed by atoms with van der Waals surface area (Å²) in [6, 6.07) is 21.6.